The Kier molecular flexibility index (Phi) is 6.48. The number of rotatable bonds is 5. The first kappa shape index (κ1) is 17.1. The van der Waals surface area contributed by atoms with Gasteiger partial charge >= 0.3 is 12.0 Å². The first-order valence-electron chi connectivity index (χ1n) is 6.14. The summed E-state index contributed by atoms with van der Waals surface area (Å²) in [6, 6.07) is 4.52. The van der Waals surface area contributed by atoms with Crippen molar-refractivity contribution in [1.29, 1.82) is 0 Å². The van der Waals surface area contributed by atoms with Crippen LogP contribution in [0, 0.1) is 5.82 Å². The summed E-state index contributed by atoms with van der Waals surface area (Å²) in [6.07, 6.45) is 0. The van der Waals surface area contributed by atoms with E-state index in [1.807, 2.05) is 5.32 Å². The molecule has 0 radical (unpaired) electrons. The molecular weight excluding hydrogens is 297 g/mol. The Hall–Kier alpha value is -2.97. The van der Waals surface area contributed by atoms with Crippen LogP contribution in [0.4, 0.5) is 9.18 Å². The average molecular weight is 311 g/mol. The molecule has 0 saturated heterocycles. The van der Waals surface area contributed by atoms with Gasteiger partial charge < -0.3 is 15.4 Å². The maximum Gasteiger partial charge on any atom is 0.325 e. The van der Waals surface area contributed by atoms with E-state index >= 15 is 0 Å². The average Bonchev–Trinajstić information content (AvgIpc) is 2.50. The van der Waals surface area contributed by atoms with E-state index in [2.05, 4.69) is 15.4 Å². The van der Waals surface area contributed by atoms with Gasteiger partial charge in [0.25, 0.3) is 11.8 Å². The highest BCUT2D eigenvalue weighted by atomic mass is 19.1. The molecule has 0 aliphatic rings. The predicted molar refractivity (Wildman–Crippen MR) is 72.3 cm³/mol. The number of hydrogen-bond acceptors (Lipinski definition) is 5. The Bertz CT molecular complexity index is 591. The van der Waals surface area contributed by atoms with Crippen molar-refractivity contribution in [2.24, 2.45) is 0 Å². The van der Waals surface area contributed by atoms with Gasteiger partial charge in [-0.1, -0.05) is 12.1 Å². The van der Waals surface area contributed by atoms with Crippen LogP contribution in [-0.4, -0.2) is 44.0 Å². The second kappa shape index (κ2) is 8.35. The van der Waals surface area contributed by atoms with Gasteiger partial charge in [0, 0.05) is 7.05 Å². The van der Waals surface area contributed by atoms with Crippen molar-refractivity contribution >= 4 is 23.8 Å². The summed E-state index contributed by atoms with van der Waals surface area (Å²) in [7, 11) is 1.31. The number of benzene rings is 1. The van der Waals surface area contributed by atoms with Crippen LogP contribution in [0.15, 0.2) is 24.3 Å². The van der Waals surface area contributed by atoms with E-state index in [0.717, 1.165) is 6.07 Å². The lowest BCUT2D eigenvalue weighted by Crippen LogP contribution is -2.40. The van der Waals surface area contributed by atoms with E-state index in [9.17, 15) is 23.6 Å². The van der Waals surface area contributed by atoms with Crippen molar-refractivity contribution in [2.45, 2.75) is 0 Å². The SMILES string of the molecule is CNC(=O)NC(=O)COC(=O)CNC(=O)c1ccccc1F. The molecule has 1 aromatic rings. The summed E-state index contributed by atoms with van der Waals surface area (Å²) < 4.78 is 17.8. The summed E-state index contributed by atoms with van der Waals surface area (Å²) >= 11 is 0. The largest absolute Gasteiger partial charge is 0.454 e. The third-order valence-corrected chi connectivity index (χ3v) is 2.36. The van der Waals surface area contributed by atoms with Crippen molar-refractivity contribution in [3.8, 4) is 0 Å². The van der Waals surface area contributed by atoms with Crippen LogP contribution in [0.1, 0.15) is 10.4 Å². The number of esters is 1. The molecule has 1 rings (SSSR count). The number of hydrogen-bond donors (Lipinski definition) is 3. The molecule has 0 aliphatic carbocycles. The van der Waals surface area contributed by atoms with Gasteiger partial charge in [0.1, 0.15) is 12.4 Å². The summed E-state index contributed by atoms with van der Waals surface area (Å²) in [4.78, 5) is 44.8. The summed E-state index contributed by atoms with van der Waals surface area (Å²) in [6.45, 7) is -1.22. The molecular formula is C13H14FN3O5. The minimum absolute atomic E-state index is 0.215. The molecule has 22 heavy (non-hydrogen) atoms. The zero-order chi connectivity index (χ0) is 16.5. The van der Waals surface area contributed by atoms with Gasteiger partial charge in [0.2, 0.25) is 0 Å². The van der Waals surface area contributed by atoms with Crippen LogP contribution in [-0.2, 0) is 14.3 Å². The molecule has 0 atom stereocenters. The Morgan fingerprint density at radius 3 is 2.50 bits per heavy atom. The highest BCUT2D eigenvalue weighted by Gasteiger charge is 2.14. The second-order valence-corrected chi connectivity index (χ2v) is 3.95. The van der Waals surface area contributed by atoms with Crippen molar-refractivity contribution in [1.82, 2.24) is 16.0 Å². The van der Waals surface area contributed by atoms with Crippen LogP contribution >= 0.6 is 0 Å². The molecule has 4 amide bonds. The molecule has 0 heterocycles. The Morgan fingerprint density at radius 1 is 1.18 bits per heavy atom. The van der Waals surface area contributed by atoms with Crippen molar-refractivity contribution in [3.05, 3.63) is 35.6 Å². The molecule has 8 nitrogen and oxygen atoms in total. The van der Waals surface area contributed by atoms with Gasteiger partial charge in [-0.25, -0.2) is 9.18 Å². The number of imide groups is 1. The third kappa shape index (κ3) is 5.57. The lowest BCUT2D eigenvalue weighted by atomic mass is 10.2. The summed E-state index contributed by atoms with van der Waals surface area (Å²) in [5.41, 5.74) is -0.215. The third-order valence-electron chi connectivity index (χ3n) is 2.36. The van der Waals surface area contributed by atoms with Gasteiger partial charge in [-0.3, -0.25) is 19.7 Å². The zero-order valence-electron chi connectivity index (χ0n) is 11.6. The zero-order valence-corrected chi connectivity index (χ0v) is 11.6. The maximum absolute atomic E-state index is 13.3. The molecule has 3 N–H and O–H groups in total. The predicted octanol–water partition coefficient (Wildman–Crippen LogP) is -0.446. The van der Waals surface area contributed by atoms with E-state index in [4.69, 9.17) is 0 Å². The summed E-state index contributed by atoms with van der Waals surface area (Å²) in [5, 5.41) is 6.17. The topological polar surface area (TPSA) is 114 Å². The van der Waals surface area contributed by atoms with Crippen molar-refractivity contribution < 1.29 is 28.3 Å². The summed E-state index contributed by atoms with van der Waals surface area (Å²) in [5.74, 6) is -3.24. The standard InChI is InChI=1S/C13H14FN3O5/c1-15-13(21)17-10(18)7-22-11(19)6-16-12(20)8-4-2-3-5-9(8)14/h2-5H,6-7H2,1H3,(H,16,20)(H2,15,17,18,21). The number of urea groups is 1. The van der Waals surface area contributed by atoms with Gasteiger partial charge in [-0.05, 0) is 12.1 Å². The Labute approximate surface area is 125 Å². The lowest BCUT2D eigenvalue weighted by molar-refractivity contribution is -0.147. The molecule has 0 spiro atoms. The fourth-order valence-corrected chi connectivity index (χ4v) is 1.32. The first-order valence-corrected chi connectivity index (χ1v) is 6.14. The quantitative estimate of drug-likeness (QED) is 0.638. The molecule has 0 saturated carbocycles. The van der Waals surface area contributed by atoms with Gasteiger partial charge in [-0.15, -0.1) is 0 Å². The minimum atomic E-state index is -0.906. The fraction of sp³-hybridized carbons (Fsp3) is 0.231. The van der Waals surface area contributed by atoms with Crippen LogP contribution in [0.2, 0.25) is 0 Å². The second-order valence-electron chi connectivity index (χ2n) is 3.95. The molecule has 0 bridgehead atoms. The fourth-order valence-electron chi connectivity index (χ4n) is 1.32. The monoisotopic (exact) mass is 311 g/mol. The van der Waals surface area contributed by atoms with Crippen molar-refractivity contribution in [3.63, 3.8) is 0 Å². The van der Waals surface area contributed by atoms with Crippen LogP contribution < -0.4 is 16.0 Å². The Balaban J connectivity index is 2.34. The Morgan fingerprint density at radius 2 is 1.86 bits per heavy atom. The van der Waals surface area contributed by atoms with E-state index in [0.29, 0.717) is 0 Å². The van der Waals surface area contributed by atoms with Crippen LogP contribution in [0.5, 0.6) is 0 Å². The molecule has 0 aromatic heterocycles. The number of carbonyl (C=O) groups excluding carboxylic acids is 4. The normalized spacial score (nSPS) is 9.55. The molecule has 0 fully saturated rings. The van der Waals surface area contributed by atoms with Crippen molar-refractivity contribution in [2.75, 3.05) is 20.2 Å². The molecule has 1 aromatic carbocycles. The lowest BCUT2D eigenvalue weighted by Gasteiger charge is -2.07. The highest BCUT2D eigenvalue weighted by Crippen LogP contribution is 2.05. The first-order chi connectivity index (χ1) is 10.4. The minimum Gasteiger partial charge on any atom is -0.454 e. The number of nitrogens with one attached hydrogen (secondary N) is 3. The molecule has 0 aliphatic heterocycles. The van der Waals surface area contributed by atoms with E-state index in [-0.39, 0.29) is 5.56 Å². The molecule has 0 unspecified atom stereocenters. The van der Waals surface area contributed by atoms with Crippen LogP contribution in [0.3, 0.4) is 0 Å². The van der Waals surface area contributed by atoms with E-state index in [1.54, 1.807) is 0 Å². The number of ether oxygens (including phenoxy) is 1. The van der Waals surface area contributed by atoms with Crippen LogP contribution in [0.25, 0.3) is 0 Å². The molecule has 9 heteroatoms. The van der Waals surface area contributed by atoms with Gasteiger partial charge in [-0.2, -0.15) is 0 Å². The maximum atomic E-state index is 13.3. The van der Waals surface area contributed by atoms with Gasteiger partial charge in [0.15, 0.2) is 6.61 Å². The highest BCUT2D eigenvalue weighted by molar-refractivity contribution is 5.97. The number of halogens is 1. The number of carbonyl (C=O) groups is 4. The van der Waals surface area contributed by atoms with Gasteiger partial charge in [0.05, 0.1) is 5.56 Å². The van der Waals surface area contributed by atoms with E-state index < -0.39 is 42.8 Å². The van der Waals surface area contributed by atoms with E-state index in [1.165, 1.54) is 25.2 Å². The molecule has 118 valence electrons. The number of amides is 4. The smallest absolute Gasteiger partial charge is 0.325 e.